The highest BCUT2D eigenvalue weighted by atomic mass is 35.5. The molecule has 4 aromatic carbocycles. The van der Waals surface area contributed by atoms with E-state index in [1.54, 1.807) is 35.2 Å². The van der Waals surface area contributed by atoms with E-state index in [4.69, 9.17) is 28.9 Å². The summed E-state index contributed by atoms with van der Waals surface area (Å²) in [5.74, 6) is -0.284. The van der Waals surface area contributed by atoms with Crippen LogP contribution < -0.4 is 10.6 Å². The van der Waals surface area contributed by atoms with Gasteiger partial charge in [-0.2, -0.15) is 4.99 Å². The topological polar surface area (TPSA) is 117 Å². The van der Waals surface area contributed by atoms with Crippen molar-refractivity contribution in [3.8, 4) is 0 Å². The van der Waals surface area contributed by atoms with Gasteiger partial charge in [0.05, 0.1) is 10.6 Å². The molecular formula is C29H20Cl2N6O3. The van der Waals surface area contributed by atoms with E-state index >= 15 is 0 Å². The molecule has 6 rings (SSSR count). The summed E-state index contributed by atoms with van der Waals surface area (Å²) in [4.78, 5) is 38.5. The molecule has 2 aliphatic rings. The Morgan fingerprint density at radius 2 is 1.45 bits per heavy atom. The predicted molar refractivity (Wildman–Crippen MR) is 154 cm³/mol. The van der Waals surface area contributed by atoms with E-state index in [9.17, 15) is 14.9 Å². The molecule has 2 heterocycles. The first-order chi connectivity index (χ1) is 19.3. The van der Waals surface area contributed by atoms with Crippen molar-refractivity contribution in [2.45, 2.75) is 11.7 Å². The van der Waals surface area contributed by atoms with Gasteiger partial charge in [-0.15, -0.1) is 0 Å². The highest BCUT2D eigenvalue weighted by molar-refractivity contribution is 6.36. The third-order valence-electron chi connectivity index (χ3n) is 6.87. The number of nitrogens with zero attached hydrogens (tertiary/aromatic N) is 5. The zero-order valence-electron chi connectivity index (χ0n) is 20.7. The lowest BCUT2D eigenvalue weighted by molar-refractivity contribution is -0.385. The standard InChI is InChI=1S/C29H20Cl2N6O3/c30-21-15-22(31)17-24(16-21)35-26(38)29(19-9-3-1-4-10-19,20-11-5-2-6-12-20)36-25(33-27(32)34-28(35)36)18-8-7-13-23(14-18)37(39)40/h1-17,25H,(H2,32,33). The maximum absolute atomic E-state index is 15.0. The number of non-ortho nitro benzene ring substituents is 1. The molecule has 1 unspecified atom stereocenters. The Balaban J connectivity index is 1.70. The number of guanidine groups is 2. The number of halogens is 2. The molecule has 0 aromatic heterocycles. The molecule has 2 aliphatic heterocycles. The number of nitrogens with two attached hydrogens (primary N) is 1. The minimum Gasteiger partial charge on any atom is -0.368 e. The molecule has 0 radical (unpaired) electrons. The quantitative estimate of drug-likeness (QED) is 0.237. The van der Waals surface area contributed by atoms with Gasteiger partial charge in [0.15, 0.2) is 11.7 Å². The van der Waals surface area contributed by atoms with E-state index in [0.29, 0.717) is 32.4 Å². The van der Waals surface area contributed by atoms with Crippen molar-refractivity contribution in [3.63, 3.8) is 0 Å². The largest absolute Gasteiger partial charge is 0.368 e. The van der Waals surface area contributed by atoms with Crippen molar-refractivity contribution in [3.05, 3.63) is 140 Å². The van der Waals surface area contributed by atoms with Crippen molar-refractivity contribution < 1.29 is 9.72 Å². The van der Waals surface area contributed by atoms with Crippen molar-refractivity contribution in [1.29, 1.82) is 0 Å². The first-order valence-corrected chi connectivity index (χ1v) is 12.9. The lowest BCUT2D eigenvalue weighted by atomic mass is 9.80. The Bertz CT molecular complexity index is 1650. The molecule has 2 N–H and O–H groups in total. The molecule has 1 atom stereocenters. The Hall–Kier alpha value is -4.73. The number of carbonyl (C=O) groups excluding carboxylic acids is 1. The van der Waals surface area contributed by atoms with Crippen LogP contribution in [-0.4, -0.2) is 27.6 Å². The number of nitro benzene ring substituents is 1. The third-order valence-corrected chi connectivity index (χ3v) is 7.31. The zero-order chi connectivity index (χ0) is 28.0. The summed E-state index contributed by atoms with van der Waals surface area (Å²) in [6.45, 7) is 0. The summed E-state index contributed by atoms with van der Waals surface area (Å²) in [6.07, 6.45) is -0.948. The lowest BCUT2D eigenvalue weighted by Gasteiger charge is -2.41. The second-order valence-corrected chi connectivity index (χ2v) is 10.1. The van der Waals surface area contributed by atoms with Gasteiger partial charge in [0.2, 0.25) is 11.9 Å². The zero-order valence-corrected chi connectivity index (χ0v) is 22.2. The normalized spacial score (nSPS) is 17.8. The van der Waals surface area contributed by atoms with Gasteiger partial charge in [0.1, 0.15) is 0 Å². The third kappa shape index (κ3) is 3.98. The second kappa shape index (κ2) is 9.78. The fourth-order valence-electron chi connectivity index (χ4n) is 5.30. The monoisotopic (exact) mass is 570 g/mol. The van der Waals surface area contributed by atoms with Gasteiger partial charge in [-0.25, -0.2) is 9.89 Å². The summed E-state index contributed by atoms with van der Waals surface area (Å²) in [5, 5.41) is 12.3. The second-order valence-electron chi connectivity index (χ2n) is 9.21. The summed E-state index contributed by atoms with van der Waals surface area (Å²) < 4.78 is 0. The maximum Gasteiger partial charge on any atom is 0.269 e. The molecule has 11 heteroatoms. The Kier molecular flexibility index (Phi) is 6.25. The number of anilines is 1. The number of benzene rings is 4. The SMILES string of the molecule is NC1=NC(c2cccc([N+](=O)[O-])c2)N2C(=N1)N(c1cc(Cl)cc(Cl)c1)C(=O)C2(c1ccccc1)c1ccccc1. The van der Waals surface area contributed by atoms with Gasteiger partial charge in [-0.3, -0.25) is 19.8 Å². The molecule has 198 valence electrons. The molecule has 0 aliphatic carbocycles. The van der Waals surface area contributed by atoms with Gasteiger partial charge in [0.25, 0.3) is 11.6 Å². The summed E-state index contributed by atoms with van der Waals surface area (Å²) >= 11 is 12.7. The van der Waals surface area contributed by atoms with Crippen LogP contribution in [0.15, 0.2) is 113 Å². The fraction of sp³-hybridized carbons (Fsp3) is 0.0690. The molecule has 4 aromatic rings. The van der Waals surface area contributed by atoms with Gasteiger partial charge >= 0.3 is 0 Å². The van der Waals surface area contributed by atoms with Crippen LogP contribution in [0, 0.1) is 10.1 Å². The van der Waals surface area contributed by atoms with Gasteiger partial charge in [-0.05, 0) is 29.3 Å². The van der Waals surface area contributed by atoms with Gasteiger partial charge in [-0.1, -0.05) is 96.0 Å². The molecular weight excluding hydrogens is 551 g/mol. The fourth-order valence-corrected chi connectivity index (χ4v) is 5.81. The first kappa shape index (κ1) is 25.5. The van der Waals surface area contributed by atoms with Crippen LogP contribution in [0.3, 0.4) is 0 Å². The maximum atomic E-state index is 15.0. The van der Waals surface area contributed by atoms with Crippen LogP contribution >= 0.6 is 23.2 Å². The average Bonchev–Trinajstić information content (AvgIpc) is 3.21. The van der Waals surface area contributed by atoms with E-state index in [0.717, 1.165) is 0 Å². The molecule has 1 fully saturated rings. The number of aliphatic imine (C=N–C) groups is 2. The number of hydrogen-bond acceptors (Lipinski definition) is 7. The highest BCUT2D eigenvalue weighted by Gasteiger charge is 2.62. The number of hydrogen-bond donors (Lipinski definition) is 1. The Morgan fingerprint density at radius 3 is 2.02 bits per heavy atom. The molecule has 1 amide bonds. The van der Waals surface area contributed by atoms with E-state index in [-0.39, 0.29) is 23.5 Å². The van der Waals surface area contributed by atoms with Crippen LogP contribution in [-0.2, 0) is 10.3 Å². The van der Waals surface area contributed by atoms with Crippen molar-refractivity contribution in [1.82, 2.24) is 4.90 Å². The molecule has 9 nitrogen and oxygen atoms in total. The van der Waals surface area contributed by atoms with Crippen molar-refractivity contribution in [2.75, 3.05) is 4.90 Å². The van der Waals surface area contributed by atoms with Crippen LogP contribution in [0.5, 0.6) is 0 Å². The molecule has 1 saturated heterocycles. The number of carbonyl (C=O) groups is 1. The van der Waals surface area contributed by atoms with Gasteiger partial charge in [0, 0.05) is 27.7 Å². The van der Waals surface area contributed by atoms with E-state index < -0.39 is 16.6 Å². The number of rotatable bonds is 5. The average molecular weight is 571 g/mol. The summed E-state index contributed by atoms with van der Waals surface area (Å²) in [5.41, 5.74) is 6.75. The molecule has 0 bridgehead atoms. The molecule has 0 spiro atoms. The molecule has 40 heavy (non-hydrogen) atoms. The highest BCUT2D eigenvalue weighted by Crippen LogP contribution is 2.50. The number of fused-ring (bicyclic) bond motifs is 1. The van der Waals surface area contributed by atoms with E-state index in [1.807, 2.05) is 60.7 Å². The predicted octanol–water partition coefficient (Wildman–Crippen LogP) is 5.88. The molecule has 0 saturated carbocycles. The number of amides is 1. The van der Waals surface area contributed by atoms with Crippen LogP contribution in [0.4, 0.5) is 11.4 Å². The summed E-state index contributed by atoms with van der Waals surface area (Å²) in [7, 11) is 0. The number of nitro groups is 1. The van der Waals surface area contributed by atoms with Crippen LogP contribution in [0.2, 0.25) is 10.0 Å². The van der Waals surface area contributed by atoms with Crippen LogP contribution in [0.25, 0.3) is 0 Å². The lowest BCUT2D eigenvalue weighted by Crippen LogP contribution is -2.51. The smallest absolute Gasteiger partial charge is 0.269 e. The Labute approximate surface area is 238 Å². The van der Waals surface area contributed by atoms with E-state index in [1.165, 1.54) is 17.0 Å². The first-order valence-electron chi connectivity index (χ1n) is 12.2. The van der Waals surface area contributed by atoms with Gasteiger partial charge < -0.3 is 5.73 Å². The minimum absolute atomic E-state index is 0.0920. The van der Waals surface area contributed by atoms with Crippen molar-refractivity contribution >= 4 is 52.4 Å². The summed E-state index contributed by atoms with van der Waals surface area (Å²) in [6, 6.07) is 29.4. The minimum atomic E-state index is -1.49. The van der Waals surface area contributed by atoms with Crippen LogP contribution in [0.1, 0.15) is 22.9 Å². The Morgan fingerprint density at radius 1 is 0.850 bits per heavy atom. The van der Waals surface area contributed by atoms with Crippen molar-refractivity contribution in [2.24, 2.45) is 15.7 Å². The van der Waals surface area contributed by atoms with E-state index in [2.05, 4.69) is 9.98 Å².